The first-order chi connectivity index (χ1) is 13.0. The summed E-state index contributed by atoms with van der Waals surface area (Å²) in [6.07, 6.45) is 1.09. The number of anilines is 1. The molecule has 0 atom stereocenters. The lowest BCUT2D eigenvalue weighted by Crippen LogP contribution is -2.28. The Bertz CT molecular complexity index is 835. The first-order valence-corrected chi connectivity index (χ1v) is 9.36. The summed E-state index contributed by atoms with van der Waals surface area (Å²) in [4.78, 5) is 14.6. The molecule has 2 N–H and O–H groups in total. The Kier molecular flexibility index (Phi) is 6.09. The molecule has 0 radical (unpaired) electrons. The van der Waals surface area contributed by atoms with Gasteiger partial charge in [0.1, 0.15) is 0 Å². The van der Waals surface area contributed by atoms with Crippen molar-refractivity contribution in [1.29, 1.82) is 5.26 Å². The highest BCUT2D eigenvalue weighted by molar-refractivity contribution is 5.89. The second-order valence-electron chi connectivity index (χ2n) is 7.33. The fourth-order valence-electron chi connectivity index (χ4n) is 3.36. The maximum absolute atomic E-state index is 12.1. The highest BCUT2D eigenvalue weighted by Gasteiger charge is 2.17. The van der Waals surface area contributed by atoms with Crippen molar-refractivity contribution in [2.75, 3.05) is 18.4 Å². The van der Waals surface area contributed by atoms with Crippen LogP contribution in [0.1, 0.15) is 37.2 Å². The molecular formula is C20H26N6O. The molecule has 1 aliphatic heterocycles. The highest BCUT2D eigenvalue weighted by Crippen LogP contribution is 2.15. The molecule has 7 nitrogen and oxygen atoms in total. The molecule has 3 rings (SSSR count). The van der Waals surface area contributed by atoms with Crippen LogP contribution in [0.2, 0.25) is 0 Å². The van der Waals surface area contributed by atoms with Gasteiger partial charge in [-0.25, -0.2) is 4.79 Å². The molecule has 2 heterocycles. The molecule has 0 saturated carbocycles. The molecule has 0 fully saturated rings. The van der Waals surface area contributed by atoms with Crippen molar-refractivity contribution in [3.8, 4) is 6.07 Å². The Morgan fingerprint density at radius 3 is 2.96 bits per heavy atom. The number of nitrogens with zero attached hydrogens (tertiary/aromatic N) is 4. The largest absolute Gasteiger partial charge is 0.332 e. The topological polar surface area (TPSA) is 86.0 Å². The zero-order chi connectivity index (χ0) is 19.2. The number of rotatable bonds is 5. The Morgan fingerprint density at radius 2 is 2.19 bits per heavy atom. The lowest BCUT2D eigenvalue weighted by molar-refractivity contribution is 0.239. The van der Waals surface area contributed by atoms with Gasteiger partial charge in [0.15, 0.2) is 0 Å². The number of carbonyl (C=O) groups is 1. The Balaban J connectivity index is 1.56. The number of urea groups is 1. The predicted molar refractivity (Wildman–Crippen MR) is 104 cm³/mol. The van der Waals surface area contributed by atoms with E-state index >= 15 is 0 Å². The summed E-state index contributed by atoms with van der Waals surface area (Å²) in [5, 5.41) is 19.1. The molecule has 142 valence electrons. The summed E-state index contributed by atoms with van der Waals surface area (Å²) in [6, 6.07) is 10.7. The number of amides is 2. The van der Waals surface area contributed by atoms with Gasteiger partial charge in [0.05, 0.1) is 29.6 Å². The molecule has 0 aliphatic carbocycles. The van der Waals surface area contributed by atoms with E-state index in [4.69, 9.17) is 5.26 Å². The van der Waals surface area contributed by atoms with Crippen LogP contribution in [0, 0.1) is 17.2 Å². The molecule has 2 aromatic rings. The van der Waals surface area contributed by atoms with E-state index in [9.17, 15) is 4.79 Å². The fourth-order valence-corrected chi connectivity index (χ4v) is 3.36. The Labute approximate surface area is 160 Å². The molecule has 0 spiro atoms. The van der Waals surface area contributed by atoms with Crippen molar-refractivity contribution in [2.45, 2.75) is 39.9 Å². The quantitative estimate of drug-likeness (QED) is 0.852. The average Bonchev–Trinajstić information content (AvgIpc) is 2.92. The molecule has 27 heavy (non-hydrogen) atoms. The smallest absolute Gasteiger partial charge is 0.319 e. The van der Waals surface area contributed by atoms with Crippen molar-refractivity contribution < 1.29 is 4.79 Å². The summed E-state index contributed by atoms with van der Waals surface area (Å²) in [7, 11) is 0. The minimum atomic E-state index is -0.310. The number of hydrogen-bond donors (Lipinski definition) is 2. The monoisotopic (exact) mass is 366 g/mol. The van der Waals surface area contributed by atoms with Crippen LogP contribution in [-0.2, 0) is 19.6 Å². The molecule has 1 aliphatic rings. The second kappa shape index (κ2) is 8.69. The third-order valence-corrected chi connectivity index (χ3v) is 4.45. The van der Waals surface area contributed by atoms with E-state index in [0.29, 0.717) is 23.7 Å². The van der Waals surface area contributed by atoms with Crippen LogP contribution in [0.5, 0.6) is 0 Å². The fraction of sp³-hybridized carbons (Fsp3) is 0.450. The maximum Gasteiger partial charge on any atom is 0.319 e. The van der Waals surface area contributed by atoms with Crippen molar-refractivity contribution in [2.24, 2.45) is 5.92 Å². The second-order valence-corrected chi connectivity index (χ2v) is 7.33. The number of nitriles is 1. The van der Waals surface area contributed by atoms with Crippen LogP contribution >= 0.6 is 0 Å². The summed E-state index contributed by atoms with van der Waals surface area (Å²) >= 11 is 0. The lowest BCUT2D eigenvalue weighted by Gasteiger charge is -2.21. The van der Waals surface area contributed by atoms with Crippen LogP contribution in [0.4, 0.5) is 10.5 Å². The van der Waals surface area contributed by atoms with Gasteiger partial charge < -0.3 is 10.6 Å². The number of aromatic nitrogens is 2. The van der Waals surface area contributed by atoms with Crippen LogP contribution in [0.15, 0.2) is 30.3 Å². The standard InChI is InChI=1S/C20H26N6O/c1-15(2)13-25-7-4-8-26-19(14-25)10-18(24-26)12-22-20(27)23-17-6-3-5-16(9-17)11-21/h3,5-6,9-10,15H,4,7-8,12-14H2,1-2H3,(H2,22,23,27). The first kappa shape index (κ1) is 18.9. The average molecular weight is 366 g/mol. The molecule has 0 saturated heterocycles. The predicted octanol–water partition coefficient (Wildman–Crippen LogP) is 2.94. The first-order valence-electron chi connectivity index (χ1n) is 9.36. The van der Waals surface area contributed by atoms with Crippen LogP contribution < -0.4 is 10.6 Å². The van der Waals surface area contributed by atoms with Gasteiger partial charge in [-0.2, -0.15) is 10.4 Å². The van der Waals surface area contributed by atoms with Gasteiger partial charge in [-0.1, -0.05) is 19.9 Å². The maximum atomic E-state index is 12.1. The van der Waals surface area contributed by atoms with Crippen molar-refractivity contribution in [3.05, 3.63) is 47.3 Å². The van der Waals surface area contributed by atoms with E-state index < -0.39 is 0 Å². The number of carbonyl (C=O) groups excluding carboxylic acids is 1. The molecule has 0 unspecified atom stereocenters. The van der Waals surface area contributed by atoms with Crippen molar-refractivity contribution >= 4 is 11.7 Å². The van der Waals surface area contributed by atoms with Gasteiger partial charge in [0.2, 0.25) is 0 Å². The highest BCUT2D eigenvalue weighted by atomic mass is 16.2. The zero-order valence-electron chi connectivity index (χ0n) is 15.9. The molecule has 1 aromatic heterocycles. The van der Waals surface area contributed by atoms with Gasteiger partial charge in [-0.3, -0.25) is 9.58 Å². The van der Waals surface area contributed by atoms with E-state index in [1.54, 1.807) is 24.3 Å². The normalized spacial score (nSPS) is 14.3. The van der Waals surface area contributed by atoms with Gasteiger partial charge in [0, 0.05) is 31.9 Å². The van der Waals surface area contributed by atoms with Gasteiger partial charge in [-0.15, -0.1) is 0 Å². The number of fused-ring (bicyclic) bond motifs is 1. The van der Waals surface area contributed by atoms with Crippen LogP contribution in [0.25, 0.3) is 0 Å². The minimum Gasteiger partial charge on any atom is -0.332 e. The molecular weight excluding hydrogens is 340 g/mol. The molecule has 0 bridgehead atoms. The van der Waals surface area contributed by atoms with Gasteiger partial charge in [0.25, 0.3) is 0 Å². The number of hydrogen-bond acceptors (Lipinski definition) is 4. The summed E-state index contributed by atoms with van der Waals surface area (Å²) < 4.78 is 2.06. The third-order valence-electron chi connectivity index (χ3n) is 4.45. The molecule has 7 heteroatoms. The van der Waals surface area contributed by atoms with Crippen LogP contribution in [-0.4, -0.2) is 33.8 Å². The Hall–Kier alpha value is -2.85. The van der Waals surface area contributed by atoms with Crippen LogP contribution in [0.3, 0.4) is 0 Å². The number of aryl methyl sites for hydroxylation is 1. The Morgan fingerprint density at radius 1 is 1.33 bits per heavy atom. The van der Waals surface area contributed by atoms with Gasteiger partial charge in [-0.05, 0) is 36.6 Å². The number of benzene rings is 1. The van der Waals surface area contributed by atoms with Gasteiger partial charge >= 0.3 is 6.03 Å². The summed E-state index contributed by atoms with van der Waals surface area (Å²) in [5.74, 6) is 0.642. The minimum absolute atomic E-state index is 0.310. The van der Waals surface area contributed by atoms with E-state index in [1.807, 2.05) is 0 Å². The van der Waals surface area contributed by atoms with E-state index in [0.717, 1.165) is 38.3 Å². The SMILES string of the molecule is CC(C)CN1CCCn2nc(CNC(=O)Nc3cccc(C#N)c3)cc2C1. The van der Waals surface area contributed by atoms with E-state index in [-0.39, 0.29) is 6.03 Å². The van der Waals surface area contributed by atoms with Crippen molar-refractivity contribution in [1.82, 2.24) is 20.0 Å². The van der Waals surface area contributed by atoms with Crippen molar-refractivity contribution in [3.63, 3.8) is 0 Å². The third kappa shape index (κ3) is 5.31. The summed E-state index contributed by atoms with van der Waals surface area (Å²) in [6.45, 7) is 8.84. The zero-order valence-corrected chi connectivity index (χ0v) is 15.9. The molecule has 1 aromatic carbocycles. The number of nitrogens with one attached hydrogen (secondary N) is 2. The summed E-state index contributed by atoms with van der Waals surface area (Å²) in [5.41, 5.74) is 3.16. The lowest BCUT2D eigenvalue weighted by atomic mass is 10.2. The van der Waals surface area contributed by atoms with E-state index in [1.165, 1.54) is 5.69 Å². The molecule has 2 amide bonds. The van der Waals surface area contributed by atoms with E-state index in [2.05, 4.69) is 51.3 Å².